The molecule has 0 aliphatic heterocycles. The Kier molecular flexibility index (Phi) is 4.20. The maximum atomic E-state index is 12.8. The van der Waals surface area contributed by atoms with Gasteiger partial charge in [0.15, 0.2) is 0 Å². The lowest BCUT2D eigenvalue weighted by Crippen LogP contribution is -2.05. The summed E-state index contributed by atoms with van der Waals surface area (Å²) in [6.07, 6.45) is 4.12. The molecule has 7 heteroatoms. The molecule has 0 radical (unpaired) electrons. The molecule has 0 aliphatic rings. The highest BCUT2D eigenvalue weighted by Gasteiger charge is 2.21. The number of sulfone groups is 1. The molecule has 0 saturated heterocycles. The lowest BCUT2D eigenvalue weighted by molar-refractivity contribution is -0.138. The maximum Gasteiger partial charge on any atom is 0.349 e. The van der Waals surface area contributed by atoms with Crippen molar-refractivity contribution in [3.8, 4) is 0 Å². The van der Waals surface area contributed by atoms with E-state index in [0.29, 0.717) is 16.5 Å². The number of benzene rings is 2. The van der Waals surface area contributed by atoms with Crippen molar-refractivity contribution in [1.82, 2.24) is 4.98 Å². The first kappa shape index (κ1) is 16.0. The predicted molar refractivity (Wildman–Crippen MR) is 89.5 cm³/mol. The van der Waals surface area contributed by atoms with E-state index in [1.54, 1.807) is 48.5 Å². The molecule has 24 heavy (non-hydrogen) atoms. The van der Waals surface area contributed by atoms with Gasteiger partial charge in [-0.2, -0.15) is 5.90 Å². The van der Waals surface area contributed by atoms with Crippen molar-refractivity contribution in [1.29, 1.82) is 0 Å². The summed E-state index contributed by atoms with van der Waals surface area (Å²) in [4.78, 5) is 18.6. The highest BCUT2D eigenvalue weighted by Crippen LogP contribution is 2.30. The van der Waals surface area contributed by atoms with Crippen LogP contribution in [0.4, 0.5) is 0 Å². The highest BCUT2D eigenvalue weighted by atomic mass is 32.2. The van der Waals surface area contributed by atoms with Gasteiger partial charge in [0.05, 0.1) is 15.3 Å². The number of nitrogens with one attached hydrogen (secondary N) is 1. The first-order valence-corrected chi connectivity index (χ1v) is 8.51. The van der Waals surface area contributed by atoms with Crippen molar-refractivity contribution in [2.45, 2.75) is 9.79 Å². The number of para-hydroxylation sites is 1. The largest absolute Gasteiger partial charge is 0.370 e. The van der Waals surface area contributed by atoms with Crippen LogP contribution in [0.1, 0.15) is 5.56 Å². The molecule has 0 saturated carbocycles. The van der Waals surface area contributed by atoms with Crippen molar-refractivity contribution in [2.75, 3.05) is 0 Å². The second kappa shape index (κ2) is 6.31. The van der Waals surface area contributed by atoms with Gasteiger partial charge in [-0.25, -0.2) is 13.2 Å². The van der Waals surface area contributed by atoms with E-state index in [9.17, 15) is 13.2 Å². The van der Waals surface area contributed by atoms with Crippen LogP contribution in [0.15, 0.2) is 70.6 Å². The van der Waals surface area contributed by atoms with Gasteiger partial charge in [-0.05, 0) is 23.8 Å². The number of carbonyl (C=O) groups excluding carboxylic acids is 1. The van der Waals surface area contributed by atoms with Crippen LogP contribution in [0.25, 0.3) is 17.0 Å². The fourth-order valence-corrected chi connectivity index (χ4v) is 3.88. The second-order valence-corrected chi connectivity index (χ2v) is 6.93. The van der Waals surface area contributed by atoms with Crippen molar-refractivity contribution in [3.05, 3.63) is 66.4 Å². The third kappa shape index (κ3) is 2.82. The second-order valence-electron chi connectivity index (χ2n) is 5.01. The normalized spacial score (nSPS) is 11.9. The molecule has 6 nitrogen and oxygen atoms in total. The summed E-state index contributed by atoms with van der Waals surface area (Å²) < 4.78 is 25.6. The molecule has 0 unspecified atom stereocenters. The van der Waals surface area contributed by atoms with E-state index in [-0.39, 0.29) is 9.79 Å². The summed E-state index contributed by atoms with van der Waals surface area (Å²) >= 11 is 0. The van der Waals surface area contributed by atoms with Crippen LogP contribution in [0.5, 0.6) is 0 Å². The van der Waals surface area contributed by atoms with Crippen molar-refractivity contribution >= 4 is 32.8 Å². The van der Waals surface area contributed by atoms with Crippen LogP contribution in [0.2, 0.25) is 0 Å². The minimum absolute atomic E-state index is 0.181. The molecule has 122 valence electrons. The summed E-state index contributed by atoms with van der Waals surface area (Å²) in [7, 11) is -3.64. The fraction of sp³-hybridized carbons (Fsp3) is 0. The molecule has 0 aliphatic carbocycles. The molecule has 0 fully saturated rings. The monoisotopic (exact) mass is 342 g/mol. The van der Waals surface area contributed by atoms with Gasteiger partial charge in [-0.1, -0.05) is 36.4 Å². The molecular formula is C17H14N2O4S. The number of H-pyrrole nitrogens is 1. The number of hydrogen-bond donors (Lipinski definition) is 2. The average molecular weight is 342 g/mol. The molecule has 3 N–H and O–H groups in total. The Morgan fingerprint density at radius 3 is 2.54 bits per heavy atom. The van der Waals surface area contributed by atoms with Crippen LogP contribution >= 0.6 is 0 Å². The number of nitrogens with two attached hydrogens (primary N) is 1. The first-order valence-electron chi connectivity index (χ1n) is 7.03. The van der Waals surface area contributed by atoms with Crippen molar-refractivity contribution in [2.24, 2.45) is 5.90 Å². The Hall–Kier alpha value is -2.90. The Balaban J connectivity index is 2.13. The van der Waals surface area contributed by atoms with Gasteiger partial charge in [0, 0.05) is 17.7 Å². The molecule has 0 atom stereocenters. The number of hydrogen-bond acceptors (Lipinski definition) is 5. The minimum atomic E-state index is -3.64. The summed E-state index contributed by atoms with van der Waals surface area (Å²) in [5.74, 6) is 4.09. The summed E-state index contributed by atoms with van der Waals surface area (Å²) in [6, 6.07) is 13.4. The highest BCUT2D eigenvalue weighted by molar-refractivity contribution is 7.91. The SMILES string of the molecule is NOC(=O)/C=C/c1cccc2c(S(=O)(=O)c3ccccc3)c[nH]c12. The molecule has 3 rings (SSSR count). The lowest BCUT2D eigenvalue weighted by atomic mass is 10.1. The minimum Gasteiger partial charge on any atom is -0.370 e. The van der Waals surface area contributed by atoms with Gasteiger partial charge in [0.2, 0.25) is 9.84 Å². The number of carbonyl (C=O) groups is 1. The van der Waals surface area contributed by atoms with Crippen molar-refractivity contribution < 1.29 is 18.0 Å². The van der Waals surface area contributed by atoms with E-state index in [0.717, 1.165) is 0 Å². The molecule has 2 aromatic carbocycles. The predicted octanol–water partition coefficient (Wildman–Crippen LogP) is 2.43. The zero-order valence-electron chi connectivity index (χ0n) is 12.5. The van der Waals surface area contributed by atoms with Gasteiger partial charge in [0.1, 0.15) is 0 Å². The zero-order chi connectivity index (χ0) is 17.2. The van der Waals surface area contributed by atoms with Crippen LogP contribution in [-0.4, -0.2) is 19.4 Å². The Morgan fingerprint density at radius 1 is 1.08 bits per heavy atom. The van der Waals surface area contributed by atoms with E-state index in [4.69, 9.17) is 5.90 Å². The van der Waals surface area contributed by atoms with E-state index in [1.807, 2.05) is 0 Å². The molecule has 1 aromatic heterocycles. The van der Waals surface area contributed by atoms with Crippen LogP contribution in [-0.2, 0) is 19.5 Å². The van der Waals surface area contributed by atoms with Gasteiger partial charge in [-0.3, -0.25) is 0 Å². The third-order valence-corrected chi connectivity index (χ3v) is 5.38. The van der Waals surface area contributed by atoms with Crippen molar-refractivity contribution in [3.63, 3.8) is 0 Å². The standard InChI is InChI=1S/C17H14N2O4S/c18-23-16(20)10-9-12-5-4-8-14-15(11-19-17(12)14)24(21,22)13-6-2-1-3-7-13/h1-11,19H,18H2/b10-9+. The summed E-state index contributed by atoms with van der Waals surface area (Å²) in [6.45, 7) is 0. The number of rotatable bonds is 4. The van der Waals surface area contributed by atoms with Gasteiger partial charge in [-0.15, -0.1) is 0 Å². The Bertz CT molecular complexity index is 1020. The molecule has 3 aromatic rings. The first-order chi connectivity index (χ1) is 11.5. The van der Waals surface area contributed by atoms with Crippen LogP contribution < -0.4 is 5.90 Å². The quantitative estimate of drug-likeness (QED) is 0.560. The number of fused-ring (bicyclic) bond motifs is 1. The molecular weight excluding hydrogens is 328 g/mol. The molecule has 0 spiro atoms. The lowest BCUT2D eigenvalue weighted by Gasteiger charge is -2.03. The summed E-state index contributed by atoms with van der Waals surface area (Å²) in [5.41, 5.74) is 1.25. The summed E-state index contributed by atoms with van der Waals surface area (Å²) in [5, 5.41) is 0.544. The zero-order valence-corrected chi connectivity index (χ0v) is 13.3. The van der Waals surface area contributed by atoms with E-state index < -0.39 is 15.8 Å². The number of aromatic amines is 1. The molecule has 1 heterocycles. The van der Waals surface area contributed by atoms with E-state index in [1.165, 1.54) is 18.3 Å². The smallest absolute Gasteiger partial charge is 0.349 e. The third-order valence-electron chi connectivity index (χ3n) is 3.57. The van der Waals surface area contributed by atoms with E-state index in [2.05, 4.69) is 9.82 Å². The van der Waals surface area contributed by atoms with Crippen LogP contribution in [0, 0.1) is 0 Å². The fourth-order valence-electron chi connectivity index (χ4n) is 2.44. The number of aromatic nitrogens is 1. The van der Waals surface area contributed by atoms with Gasteiger partial charge >= 0.3 is 5.97 Å². The Labute approximate surface area is 138 Å². The molecule has 0 amide bonds. The van der Waals surface area contributed by atoms with Gasteiger partial charge in [0.25, 0.3) is 0 Å². The van der Waals surface area contributed by atoms with E-state index >= 15 is 0 Å². The Morgan fingerprint density at radius 2 is 1.83 bits per heavy atom. The topological polar surface area (TPSA) is 102 Å². The van der Waals surface area contributed by atoms with Crippen LogP contribution in [0.3, 0.4) is 0 Å². The van der Waals surface area contributed by atoms with Gasteiger partial charge < -0.3 is 9.82 Å². The maximum absolute atomic E-state index is 12.8. The average Bonchev–Trinajstić information content (AvgIpc) is 3.05. The molecule has 0 bridgehead atoms.